The van der Waals surface area contributed by atoms with E-state index in [2.05, 4.69) is 0 Å². The van der Waals surface area contributed by atoms with Gasteiger partial charge in [0.25, 0.3) is 0 Å². The predicted octanol–water partition coefficient (Wildman–Crippen LogP) is -5.44. The molecule has 0 aliphatic heterocycles. The normalized spacial score (nSPS) is 4.00. The van der Waals surface area contributed by atoms with Crippen LogP contribution >= 0.6 is 0 Å². The molecule has 0 aromatic rings. The summed E-state index contributed by atoms with van der Waals surface area (Å²) in [5, 5.41) is 16.7. The number of hydrogen-bond donors (Lipinski definition) is 0. The second kappa shape index (κ2) is 9.78. The van der Waals surface area contributed by atoms with E-state index in [0.717, 1.165) is 0 Å². The molecule has 0 heterocycles. The molecule has 0 spiro atoms. The minimum Gasteiger partial charge on any atom is -0.652 e. The fourth-order valence-electron chi connectivity index (χ4n) is 0. The molecule has 0 atom stereocenters. The number of carbonyl (C=O) groups is 1. The van der Waals surface area contributed by atoms with Crippen LogP contribution < -0.4 is 39.8 Å². The maximum Gasteiger partial charge on any atom is 4.00 e. The van der Waals surface area contributed by atoms with E-state index in [0.29, 0.717) is 0 Å². The van der Waals surface area contributed by atoms with Crippen LogP contribution in [0.2, 0.25) is 0 Å². The van der Waals surface area contributed by atoms with Gasteiger partial charge in [-0.05, 0) is 6.16 Å². The van der Waals surface area contributed by atoms with Gasteiger partial charge in [-0.25, -0.2) is 0 Å². The van der Waals surface area contributed by atoms with Crippen LogP contribution in [0.5, 0.6) is 0 Å². The summed E-state index contributed by atoms with van der Waals surface area (Å²) in [4.78, 5) is 8.33. The van der Waals surface area contributed by atoms with E-state index in [-0.39, 0.29) is 69.5 Å². The third kappa shape index (κ3) is 46.4. The molecule has 0 saturated heterocycles. The summed E-state index contributed by atoms with van der Waals surface area (Å²) < 4.78 is 0. The summed E-state index contributed by atoms with van der Waals surface area (Å²) in [5.41, 5.74) is 0. The molecule has 0 aromatic carbocycles. The van der Waals surface area contributed by atoms with Crippen molar-refractivity contribution >= 4 is 6.16 Å². The Bertz CT molecular complexity index is 33.8. The molecular weight excluding hydrogens is 315 g/mol. The summed E-state index contributed by atoms with van der Waals surface area (Å²) in [5.74, 6) is 0. The van der Waals surface area contributed by atoms with Crippen molar-refractivity contribution in [1.82, 2.24) is 0 Å². The van der Waals surface area contributed by atoms with Gasteiger partial charge in [-0.1, -0.05) is 0 Å². The number of rotatable bonds is 0. The van der Waals surface area contributed by atoms with Gasteiger partial charge in [0.05, 0.1) is 0 Å². The van der Waals surface area contributed by atoms with Crippen LogP contribution in [0.4, 0.5) is 4.79 Å². The Labute approximate surface area is 89.1 Å². The van der Waals surface area contributed by atoms with E-state index in [1.165, 1.54) is 0 Å². The van der Waals surface area contributed by atoms with E-state index in [1.807, 2.05) is 0 Å². The summed E-state index contributed by atoms with van der Waals surface area (Å²) in [7, 11) is 0. The van der Waals surface area contributed by atoms with Crippen LogP contribution in [-0.4, -0.2) is 6.16 Å². The predicted molar refractivity (Wildman–Crippen MR) is 5.40 cm³/mol. The van der Waals surface area contributed by atoms with Crippen LogP contribution in [0.1, 0.15) is 0 Å². The molecule has 0 aromatic heterocycles. The first-order valence-electron chi connectivity index (χ1n) is 0.612. The van der Waals surface area contributed by atoms with Crippen molar-refractivity contribution in [3.63, 3.8) is 0 Å². The Morgan fingerprint density at radius 2 is 1.33 bits per heavy atom. The van der Waals surface area contributed by atoms with Crippen molar-refractivity contribution in [3.05, 3.63) is 0 Å². The number of hydrogen-bond acceptors (Lipinski definition) is 3. The average molecular weight is 315 g/mol. The van der Waals surface area contributed by atoms with Gasteiger partial charge in [0.2, 0.25) is 0 Å². The topological polar surface area (TPSA) is 63.2 Å². The molecule has 0 bridgehead atoms. The maximum absolute atomic E-state index is 8.33. The van der Waals surface area contributed by atoms with E-state index < -0.39 is 6.16 Å². The Hall–Kier alpha value is 1.59. The van der Waals surface area contributed by atoms with Crippen molar-refractivity contribution in [2.24, 2.45) is 0 Å². The maximum atomic E-state index is 8.33. The molecule has 0 unspecified atom stereocenters. The van der Waals surface area contributed by atoms with Gasteiger partial charge >= 0.3 is 69.5 Å². The Kier molecular flexibility index (Phi) is 25.5. The van der Waals surface area contributed by atoms with Crippen LogP contribution in [0.15, 0.2) is 0 Å². The minimum absolute atomic E-state index is 0. The van der Waals surface area contributed by atoms with Gasteiger partial charge in [0.15, 0.2) is 0 Å². The molecule has 3 nitrogen and oxygen atoms in total. The number of carboxylic acid groups (broad SMARTS) is 2. The summed E-state index contributed by atoms with van der Waals surface area (Å²) in [6.45, 7) is 0. The molecule has 5 heteroatoms. The summed E-state index contributed by atoms with van der Waals surface area (Å²) in [6.07, 6.45) is -2.33. The summed E-state index contributed by atoms with van der Waals surface area (Å²) in [6, 6.07) is 0. The monoisotopic (exact) mass is 315 g/mol. The molecule has 0 fully saturated rings. The average Bonchev–Trinajstić information content (AvgIpc) is 0.811. The zero-order chi connectivity index (χ0) is 3.58. The molecule has 24 valence electrons. The fourth-order valence-corrected chi connectivity index (χ4v) is 0. The SMILES string of the molecule is O=C([O-])[O-].[Na+].[Th+4]. The minimum atomic E-state index is -2.33. The zero-order valence-corrected chi connectivity index (χ0v) is 9.33. The van der Waals surface area contributed by atoms with E-state index in [1.54, 1.807) is 0 Å². The van der Waals surface area contributed by atoms with Crippen molar-refractivity contribution in [2.45, 2.75) is 0 Å². The second-order valence-electron chi connectivity index (χ2n) is 0.250. The van der Waals surface area contributed by atoms with E-state index >= 15 is 0 Å². The molecule has 0 aliphatic rings. The largest absolute Gasteiger partial charge is 4.00 e. The Morgan fingerprint density at radius 1 is 1.33 bits per heavy atom. The van der Waals surface area contributed by atoms with Crippen molar-refractivity contribution in [1.29, 1.82) is 0 Å². The van der Waals surface area contributed by atoms with Gasteiger partial charge in [-0.3, -0.25) is 0 Å². The standard InChI is InChI=1S/CH2O3.Na.Th/c2-1(3)4;;/h(H2,2,3,4);;/q;+1;+4/p-2. The molecule has 0 saturated carbocycles. The van der Waals surface area contributed by atoms with Crippen molar-refractivity contribution in [3.8, 4) is 0 Å². The fraction of sp³-hybridized carbons (Fsp3) is 0. The van der Waals surface area contributed by atoms with Crippen LogP contribution in [0.3, 0.4) is 0 Å². The molecule has 0 aliphatic carbocycles. The first kappa shape index (κ1) is 15.6. The van der Waals surface area contributed by atoms with Crippen molar-refractivity contribution < 1.29 is 84.5 Å². The zero-order valence-electron chi connectivity index (χ0n) is 3.22. The first-order valence-corrected chi connectivity index (χ1v) is 0.612. The Balaban J connectivity index is -0.0000000450. The smallest absolute Gasteiger partial charge is 0.652 e. The first-order chi connectivity index (χ1) is 1.73. The molecule has 6 heavy (non-hydrogen) atoms. The molecule has 0 radical (unpaired) electrons. The number of carbonyl (C=O) groups excluding carboxylic acids is 1. The quantitative estimate of drug-likeness (QED) is 0.419. The van der Waals surface area contributed by atoms with Crippen LogP contribution in [0.25, 0.3) is 0 Å². The molecule has 0 rings (SSSR count). The molecular formula is CNaO3Th+3. The summed E-state index contributed by atoms with van der Waals surface area (Å²) >= 11 is 0. The van der Waals surface area contributed by atoms with Gasteiger partial charge in [-0.15, -0.1) is 0 Å². The third-order valence-electron chi connectivity index (χ3n) is 0. The van der Waals surface area contributed by atoms with Crippen LogP contribution in [0, 0.1) is 39.9 Å². The van der Waals surface area contributed by atoms with Crippen molar-refractivity contribution in [2.75, 3.05) is 0 Å². The Morgan fingerprint density at radius 3 is 1.33 bits per heavy atom. The van der Waals surface area contributed by atoms with Gasteiger partial charge in [-0.2, -0.15) is 0 Å². The third-order valence-corrected chi connectivity index (χ3v) is 0. The van der Waals surface area contributed by atoms with Gasteiger partial charge in [0, 0.05) is 0 Å². The second-order valence-corrected chi connectivity index (χ2v) is 0.250. The van der Waals surface area contributed by atoms with E-state index in [9.17, 15) is 0 Å². The molecule has 0 amide bonds. The van der Waals surface area contributed by atoms with Gasteiger partial charge in [0.1, 0.15) is 0 Å². The van der Waals surface area contributed by atoms with Gasteiger partial charge < -0.3 is 15.0 Å². The van der Waals surface area contributed by atoms with Crippen LogP contribution in [-0.2, 0) is 0 Å². The van der Waals surface area contributed by atoms with E-state index in [4.69, 9.17) is 15.0 Å². The molecule has 0 N–H and O–H groups in total.